The van der Waals surface area contributed by atoms with Gasteiger partial charge in [0, 0.05) is 25.7 Å². The minimum atomic E-state index is -4.48. The van der Waals surface area contributed by atoms with Gasteiger partial charge in [0.15, 0.2) is 0 Å². The van der Waals surface area contributed by atoms with E-state index in [1.807, 2.05) is 4.90 Å². The number of carbonyl (C=O) groups is 1. The molecule has 0 aliphatic carbocycles. The first-order valence-corrected chi connectivity index (χ1v) is 7.91. The topological polar surface area (TPSA) is 72.3 Å². The molecular weight excluding hydrogens is 327 g/mol. The Labute approximate surface area is 137 Å². The van der Waals surface area contributed by atoms with Crippen molar-refractivity contribution in [3.05, 3.63) is 11.6 Å². The first-order chi connectivity index (χ1) is 11.4. The molecule has 0 saturated carbocycles. The van der Waals surface area contributed by atoms with E-state index in [2.05, 4.69) is 15.5 Å². The standard InChI is InChI=1S/C14H20F3N5O2/c1-24-12(23)9-2-3-18-10(6-9)7-21-4-5-22-11(8-21)19-20-13(22)14(15,16)17/h9-10,18H,2-8H2,1H3. The molecule has 1 saturated heterocycles. The van der Waals surface area contributed by atoms with Crippen molar-refractivity contribution in [2.75, 3.05) is 26.7 Å². The largest absolute Gasteiger partial charge is 0.469 e. The average molecular weight is 347 g/mol. The molecule has 3 rings (SSSR count). The van der Waals surface area contributed by atoms with Gasteiger partial charge in [0.05, 0.1) is 19.6 Å². The van der Waals surface area contributed by atoms with Gasteiger partial charge in [-0.25, -0.2) is 0 Å². The van der Waals surface area contributed by atoms with Gasteiger partial charge in [-0.1, -0.05) is 0 Å². The molecule has 2 atom stereocenters. The van der Waals surface area contributed by atoms with Crippen molar-refractivity contribution >= 4 is 5.97 Å². The molecule has 2 aliphatic heterocycles. The van der Waals surface area contributed by atoms with Gasteiger partial charge in [0.2, 0.25) is 5.82 Å². The van der Waals surface area contributed by atoms with Gasteiger partial charge in [0.1, 0.15) is 5.82 Å². The minimum Gasteiger partial charge on any atom is -0.469 e. The summed E-state index contributed by atoms with van der Waals surface area (Å²) in [5, 5.41) is 10.3. The van der Waals surface area contributed by atoms with Crippen LogP contribution < -0.4 is 5.32 Å². The van der Waals surface area contributed by atoms with E-state index in [0.717, 1.165) is 17.5 Å². The Morgan fingerprint density at radius 3 is 2.88 bits per heavy atom. The number of methoxy groups -OCH3 is 1. The second-order valence-corrected chi connectivity index (χ2v) is 6.22. The Balaban J connectivity index is 1.60. The molecule has 1 fully saturated rings. The third-order valence-electron chi connectivity index (χ3n) is 4.59. The molecule has 2 aliphatic rings. The fourth-order valence-electron chi connectivity index (χ4n) is 3.41. The Hall–Kier alpha value is -1.68. The summed E-state index contributed by atoms with van der Waals surface area (Å²) in [6.45, 7) is 2.41. The molecule has 134 valence electrons. The number of halogens is 3. The maximum absolute atomic E-state index is 12.8. The van der Waals surface area contributed by atoms with Gasteiger partial charge < -0.3 is 14.6 Å². The molecule has 7 nitrogen and oxygen atoms in total. The Kier molecular flexibility index (Phi) is 4.77. The second-order valence-electron chi connectivity index (χ2n) is 6.22. The average Bonchev–Trinajstić information content (AvgIpc) is 2.97. The Morgan fingerprint density at radius 1 is 1.38 bits per heavy atom. The van der Waals surface area contributed by atoms with Crippen molar-refractivity contribution in [3.8, 4) is 0 Å². The molecule has 1 N–H and O–H groups in total. The minimum absolute atomic E-state index is 0.111. The lowest BCUT2D eigenvalue weighted by atomic mass is 9.92. The second kappa shape index (κ2) is 6.67. The van der Waals surface area contributed by atoms with Crippen molar-refractivity contribution in [1.82, 2.24) is 25.0 Å². The monoisotopic (exact) mass is 347 g/mol. The fraction of sp³-hybridized carbons (Fsp3) is 0.786. The maximum atomic E-state index is 12.8. The molecule has 0 spiro atoms. The molecule has 10 heteroatoms. The number of alkyl halides is 3. The number of nitrogens with zero attached hydrogens (tertiary/aromatic N) is 4. The van der Waals surface area contributed by atoms with Crippen LogP contribution in [-0.4, -0.2) is 58.4 Å². The molecule has 24 heavy (non-hydrogen) atoms. The first kappa shape index (κ1) is 17.2. The molecule has 0 radical (unpaired) electrons. The van der Waals surface area contributed by atoms with Crippen molar-refractivity contribution < 1.29 is 22.7 Å². The van der Waals surface area contributed by atoms with Gasteiger partial charge in [0.25, 0.3) is 0 Å². The highest BCUT2D eigenvalue weighted by atomic mass is 19.4. The summed E-state index contributed by atoms with van der Waals surface area (Å²) in [6, 6.07) is 0.111. The number of rotatable bonds is 3. The highest BCUT2D eigenvalue weighted by molar-refractivity contribution is 5.72. The summed E-state index contributed by atoms with van der Waals surface area (Å²) in [5.74, 6) is -0.922. The lowest BCUT2D eigenvalue weighted by Crippen LogP contribution is -2.49. The van der Waals surface area contributed by atoms with Gasteiger partial charge in [-0.15, -0.1) is 10.2 Å². The lowest BCUT2D eigenvalue weighted by Gasteiger charge is -2.35. The van der Waals surface area contributed by atoms with Crippen LogP contribution in [0.4, 0.5) is 13.2 Å². The van der Waals surface area contributed by atoms with Crippen LogP contribution in [0.15, 0.2) is 0 Å². The fourth-order valence-corrected chi connectivity index (χ4v) is 3.41. The number of hydrogen-bond donors (Lipinski definition) is 1. The van der Waals surface area contributed by atoms with Crippen molar-refractivity contribution in [3.63, 3.8) is 0 Å². The summed E-state index contributed by atoms with van der Waals surface area (Å²) < 4.78 is 44.5. The SMILES string of the molecule is COC(=O)C1CCNC(CN2CCn3c(nnc3C(F)(F)F)C2)C1. The van der Waals surface area contributed by atoms with E-state index in [1.54, 1.807) is 0 Å². The molecule has 3 heterocycles. The summed E-state index contributed by atoms with van der Waals surface area (Å²) in [4.78, 5) is 13.7. The Morgan fingerprint density at radius 2 is 2.17 bits per heavy atom. The zero-order valence-corrected chi connectivity index (χ0v) is 13.3. The normalized spacial score (nSPS) is 25.3. The summed E-state index contributed by atoms with van der Waals surface area (Å²) in [7, 11) is 1.38. The molecule has 0 bridgehead atoms. The van der Waals surface area contributed by atoms with E-state index >= 15 is 0 Å². The zero-order valence-electron chi connectivity index (χ0n) is 13.3. The highest BCUT2D eigenvalue weighted by Gasteiger charge is 2.39. The number of aromatic nitrogens is 3. The predicted molar refractivity (Wildman–Crippen MR) is 76.8 cm³/mol. The first-order valence-electron chi connectivity index (χ1n) is 7.91. The molecule has 0 aromatic carbocycles. The maximum Gasteiger partial charge on any atom is 0.451 e. The van der Waals surface area contributed by atoms with E-state index in [1.165, 1.54) is 7.11 Å². The molecule has 1 aromatic heterocycles. The number of esters is 1. The Bertz CT molecular complexity index is 604. The smallest absolute Gasteiger partial charge is 0.451 e. The van der Waals surface area contributed by atoms with Gasteiger partial charge in [-0.2, -0.15) is 13.2 Å². The number of hydrogen-bond acceptors (Lipinski definition) is 6. The van der Waals surface area contributed by atoms with E-state index in [0.29, 0.717) is 31.9 Å². The zero-order chi connectivity index (χ0) is 17.3. The van der Waals surface area contributed by atoms with E-state index in [-0.39, 0.29) is 24.5 Å². The van der Waals surface area contributed by atoms with Crippen molar-refractivity contribution in [1.29, 1.82) is 0 Å². The van der Waals surface area contributed by atoms with Gasteiger partial charge in [-0.3, -0.25) is 9.69 Å². The molecular formula is C14H20F3N5O2. The number of ether oxygens (including phenoxy) is 1. The van der Waals surface area contributed by atoms with Crippen LogP contribution in [-0.2, 0) is 28.8 Å². The number of nitrogens with one attached hydrogen (secondary N) is 1. The summed E-state index contributed by atoms with van der Waals surface area (Å²) >= 11 is 0. The van der Waals surface area contributed by atoms with Crippen LogP contribution in [0.3, 0.4) is 0 Å². The van der Waals surface area contributed by atoms with Crippen LogP contribution >= 0.6 is 0 Å². The predicted octanol–water partition coefficient (Wildman–Crippen LogP) is 0.654. The number of fused-ring (bicyclic) bond motifs is 1. The van der Waals surface area contributed by atoms with Crippen LogP contribution in [0.25, 0.3) is 0 Å². The van der Waals surface area contributed by atoms with Gasteiger partial charge in [-0.05, 0) is 19.4 Å². The van der Waals surface area contributed by atoms with E-state index in [9.17, 15) is 18.0 Å². The third-order valence-corrected chi connectivity index (χ3v) is 4.59. The summed E-state index contributed by atoms with van der Waals surface area (Å²) in [5.41, 5.74) is 0. The van der Waals surface area contributed by atoms with Crippen LogP contribution in [0.5, 0.6) is 0 Å². The van der Waals surface area contributed by atoms with Crippen molar-refractivity contribution in [2.24, 2.45) is 5.92 Å². The third kappa shape index (κ3) is 3.54. The molecule has 1 aromatic rings. The van der Waals surface area contributed by atoms with E-state index in [4.69, 9.17) is 4.74 Å². The number of carbonyl (C=O) groups excluding carboxylic acids is 1. The quantitative estimate of drug-likeness (QED) is 0.810. The van der Waals surface area contributed by atoms with Crippen LogP contribution in [0.2, 0.25) is 0 Å². The van der Waals surface area contributed by atoms with E-state index < -0.39 is 12.0 Å². The number of piperidine rings is 1. The molecule has 2 unspecified atom stereocenters. The van der Waals surface area contributed by atoms with Crippen LogP contribution in [0.1, 0.15) is 24.5 Å². The summed E-state index contributed by atoms with van der Waals surface area (Å²) in [6.07, 6.45) is -3.07. The molecule has 0 amide bonds. The lowest BCUT2D eigenvalue weighted by molar-refractivity contribution is -0.148. The van der Waals surface area contributed by atoms with Crippen molar-refractivity contribution in [2.45, 2.75) is 38.1 Å². The van der Waals surface area contributed by atoms with Gasteiger partial charge >= 0.3 is 12.1 Å². The highest BCUT2D eigenvalue weighted by Crippen LogP contribution is 2.29. The van der Waals surface area contributed by atoms with Crippen LogP contribution in [0, 0.1) is 5.92 Å².